The highest BCUT2D eigenvalue weighted by Gasteiger charge is 2.15. The number of benzene rings is 2. The van der Waals surface area contributed by atoms with Gasteiger partial charge in [0, 0.05) is 18.8 Å². The van der Waals surface area contributed by atoms with E-state index >= 15 is 0 Å². The fraction of sp³-hybridized carbons (Fsp3) is 0.111. The molecule has 0 heterocycles. The summed E-state index contributed by atoms with van der Waals surface area (Å²) in [5.74, 6) is -0.221. The van der Waals surface area contributed by atoms with Gasteiger partial charge in [0.05, 0.1) is 17.1 Å². The van der Waals surface area contributed by atoms with Gasteiger partial charge in [0.1, 0.15) is 23.1 Å². The van der Waals surface area contributed by atoms with Crippen molar-refractivity contribution in [3.05, 3.63) is 62.7 Å². The Kier molecular flexibility index (Phi) is 6.36. The van der Waals surface area contributed by atoms with Crippen LogP contribution in [-0.4, -0.2) is 25.0 Å². The Bertz CT molecular complexity index is 966. The minimum atomic E-state index is -0.668. The number of carbonyl (C=O) groups excluding carboxylic acids is 1. The second kappa shape index (κ2) is 8.69. The number of methoxy groups -OCH3 is 1. The second-order valence-corrected chi connectivity index (χ2v) is 5.66. The van der Waals surface area contributed by atoms with Gasteiger partial charge in [-0.25, -0.2) is 0 Å². The van der Waals surface area contributed by atoms with E-state index in [4.69, 9.17) is 16.3 Å². The Hall–Kier alpha value is -3.57. The van der Waals surface area contributed by atoms with E-state index in [9.17, 15) is 20.2 Å². The van der Waals surface area contributed by atoms with Crippen LogP contribution in [0.5, 0.6) is 5.75 Å². The monoisotopic (exact) mass is 386 g/mol. The van der Waals surface area contributed by atoms with E-state index in [1.807, 2.05) is 0 Å². The van der Waals surface area contributed by atoms with Gasteiger partial charge in [-0.05, 0) is 35.9 Å². The zero-order valence-corrected chi connectivity index (χ0v) is 15.2. The summed E-state index contributed by atoms with van der Waals surface area (Å²) in [4.78, 5) is 22.9. The number of amides is 1. The van der Waals surface area contributed by atoms with Gasteiger partial charge >= 0.3 is 0 Å². The predicted octanol–water partition coefficient (Wildman–Crippen LogP) is 3.84. The van der Waals surface area contributed by atoms with Gasteiger partial charge in [-0.3, -0.25) is 14.9 Å². The molecule has 0 atom stereocenters. The number of nitro benzene ring substituents is 1. The Balaban J connectivity index is 2.29. The Morgan fingerprint density at radius 3 is 2.63 bits per heavy atom. The van der Waals surface area contributed by atoms with Crippen LogP contribution in [0.2, 0.25) is 5.02 Å². The molecule has 0 bridgehead atoms. The summed E-state index contributed by atoms with van der Waals surface area (Å²) in [6, 6.07) is 10.8. The highest BCUT2D eigenvalue weighted by molar-refractivity contribution is 6.32. The van der Waals surface area contributed by atoms with Gasteiger partial charge in [-0.15, -0.1) is 0 Å². The lowest BCUT2D eigenvalue weighted by Gasteiger charge is -2.08. The average Bonchev–Trinajstić information content (AvgIpc) is 2.65. The number of anilines is 2. The first-order valence-electron chi connectivity index (χ1n) is 7.62. The fourth-order valence-corrected chi connectivity index (χ4v) is 2.52. The minimum absolute atomic E-state index is 0.161. The first-order valence-corrected chi connectivity index (χ1v) is 8.00. The SMILES string of the molecule is CNc1ccc(/C=C(\C#N)C(=O)Nc2ccc(OC)c(Cl)c2)cc1[N+](=O)[O-]. The van der Waals surface area contributed by atoms with E-state index in [0.717, 1.165) is 0 Å². The van der Waals surface area contributed by atoms with Crippen LogP contribution < -0.4 is 15.4 Å². The smallest absolute Gasteiger partial charge is 0.292 e. The van der Waals surface area contributed by atoms with Gasteiger partial charge in [-0.2, -0.15) is 5.26 Å². The minimum Gasteiger partial charge on any atom is -0.495 e. The van der Waals surface area contributed by atoms with E-state index in [2.05, 4.69) is 10.6 Å². The molecule has 0 saturated carbocycles. The van der Waals surface area contributed by atoms with Crippen LogP contribution >= 0.6 is 11.6 Å². The predicted molar refractivity (Wildman–Crippen MR) is 103 cm³/mol. The number of rotatable bonds is 6. The highest BCUT2D eigenvalue weighted by atomic mass is 35.5. The molecular formula is C18H15ClN4O4. The molecule has 0 aliphatic rings. The molecule has 0 fully saturated rings. The molecule has 2 N–H and O–H groups in total. The Morgan fingerprint density at radius 1 is 1.33 bits per heavy atom. The molecule has 0 aliphatic heterocycles. The standard InChI is InChI=1S/C18H15ClN4O4/c1-21-15-5-3-11(8-16(15)23(25)26)7-12(10-20)18(24)22-13-4-6-17(27-2)14(19)9-13/h3-9,21H,1-2H3,(H,22,24)/b12-7+. The molecule has 0 saturated heterocycles. The van der Waals surface area contributed by atoms with Gasteiger partial charge in [-0.1, -0.05) is 17.7 Å². The maximum atomic E-state index is 12.3. The number of nitro groups is 1. The summed E-state index contributed by atoms with van der Waals surface area (Å²) in [6.07, 6.45) is 1.27. The quantitative estimate of drug-likeness (QED) is 0.337. The maximum absolute atomic E-state index is 12.3. The summed E-state index contributed by atoms with van der Waals surface area (Å²) in [5.41, 5.74) is 0.677. The number of nitrogens with one attached hydrogen (secondary N) is 2. The van der Waals surface area contributed by atoms with E-state index in [-0.39, 0.29) is 11.3 Å². The zero-order valence-electron chi connectivity index (χ0n) is 14.4. The van der Waals surface area contributed by atoms with Crippen molar-refractivity contribution in [2.75, 3.05) is 24.8 Å². The summed E-state index contributed by atoms with van der Waals surface area (Å²) in [6.45, 7) is 0. The van der Waals surface area contributed by atoms with Crippen molar-refractivity contribution in [1.82, 2.24) is 0 Å². The highest BCUT2D eigenvalue weighted by Crippen LogP contribution is 2.28. The Labute approximate surface area is 160 Å². The van der Waals surface area contributed by atoms with Crippen LogP contribution in [0.4, 0.5) is 17.1 Å². The molecule has 2 rings (SSSR count). The van der Waals surface area contributed by atoms with Crippen LogP contribution in [0.3, 0.4) is 0 Å². The van der Waals surface area contributed by atoms with Crippen molar-refractivity contribution in [3.8, 4) is 11.8 Å². The molecule has 0 aromatic heterocycles. The first kappa shape index (κ1) is 19.8. The van der Waals surface area contributed by atoms with Crippen molar-refractivity contribution < 1.29 is 14.5 Å². The van der Waals surface area contributed by atoms with E-state index in [1.54, 1.807) is 31.3 Å². The van der Waals surface area contributed by atoms with Gasteiger partial charge in [0.2, 0.25) is 0 Å². The van der Waals surface area contributed by atoms with Crippen molar-refractivity contribution in [3.63, 3.8) is 0 Å². The van der Waals surface area contributed by atoms with Crippen molar-refractivity contribution >= 4 is 40.6 Å². The van der Waals surface area contributed by atoms with Crippen molar-refractivity contribution in [2.24, 2.45) is 0 Å². The zero-order chi connectivity index (χ0) is 20.0. The van der Waals surface area contributed by atoms with Crippen molar-refractivity contribution in [1.29, 1.82) is 5.26 Å². The molecule has 2 aromatic carbocycles. The van der Waals surface area contributed by atoms with Crippen LogP contribution in [0, 0.1) is 21.4 Å². The van der Waals surface area contributed by atoms with E-state index in [1.165, 1.54) is 31.4 Å². The number of carbonyl (C=O) groups is 1. The summed E-state index contributed by atoms with van der Waals surface area (Å²) in [7, 11) is 3.03. The number of hydrogen-bond donors (Lipinski definition) is 2. The first-order chi connectivity index (χ1) is 12.9. The third kappa shape index (κ3) is 4.74. The number of hydrogen-bond acceptors (Lipinski definition) is 6. The summed E-state index contributed by atoms with van der Waals surface area (Å²) >= 11 is 6.01. The largest absolute Gasteiger partial charge is 0.495 e. The molecule has 0 spiro atoms. The fourth-order valence-electron chi connectivity index (χ4n) is 2.26. The third-order valence-electron chi connectivity index (χ3n) is 3.57. The lowest BCUT2D eigenvalue weighted by Crippen LogP contribution is -2.13. The third-order valence-corrected chi connectivity index (χ3v) is 3.87. The van der Waals surface area contributed by atoms with Crippen LogP contribution in [0.15, 0.2) is 42.0 Å². The number of halogens is 1. The van der Waals surface area contributed by atoms with E-state index < -0.39 is 10.8 Å². The van der Waals surface area contributed by atoms with Gasteiger partial charge in [0.15, 0.2) is 0 Å². The normalized spacial score (nSPS) is 10.7. The van der Waals surface area contributed by atoms with Gasteiger partial charge in [0.25, 0.3) is 11.6 Å². The van der Waals surface area contributed by atoms with E-state index in [0.29, 0.717) is 27.7 Å². The number of nitriles is 1. The van der Waals surface area contributed by atoms with Crippen LogP contribution in [0.25, 0.3) is 6.08 Å². The molecule has 27 heavy (non-hydrogen) atoms. The van der Waals surface area contributed by atoms with Gasteiger partial charge < -0.3 is 15.4 Å². The molecule has 0 radical (unpaired) electrons. The van der Waals surface area contributed by atoms with Crippen LogP contribution in [0.1, 0.15) is 5.56 Å². The maximum Gasteiger partial charge on any atom is 0.292 e. The topological polar surface area (TPSA) is 117 Å². The summed E-state index contributed by atoms with van der Waals surface area (Å²) in [5, 5.41) is 26.0. The van der Waals surface area contributed by atoms with Crippen molar-refractivity contribution in [2.45, 2.75) is 0 Å². The average molecular weight is 387 g/mol. The molecule has 8 nitrogen and oxygen atoms in total. The number of nitrogens with zero attached hydrogens (tertiary/aromatic N) is 2. The number of ether oxygens (including phenoxy) is 1. The lowest BCUT2D eigenvalue weighted by molar-refractivity contribution is -0.384. The molecule has 1 amide bonds. The molecule has 138 valence electrons. The molecule has 2 aromatic rings. The summed E-state index contributed by atoms with van der Waals surface area (Å²) < 4.78 is 5.03. The molecule has 0 aliphatic carbocycles. The molecule has 9 heteroatoms. The molecule has 0 unspecified atom stereocenters. The Morgan fingerprint density at radius 2 is 2.07 bits per heavy atom. The lowest BCUT2D eigenvalue weighted by atomic mass is 10.1. The molecular weight excluding hydrogens is 372 g/mol. The van der Waals surface area contributed by atoms with Crippen LogP contribution in [-0.2, 0) is 4.79 Å². The second-order valence-electron chi connectivity index (χ2n) is 5.26.